The van der Waals surface area contributed by atoms with Crippen LogP contribution in [0.5, 0.6) is 0 Å². The Balaban J connectivity index is 1.50. The topological polar surface area (TPSA) is 65.1 Å². The zero-order valence-electron chi connectivity index (χ0n) is 15.4. The summed E-state index contributed by atoms with van der Waals surface area (Å²) in [5, 5.41) is 13.9. The lowest BCUT2D eigenvalue weighted by molar-refractivity contribution is 0.0916. The summed E-state index contributed by atoms with van der Waals surface area (Å²) in [6.07, 6.45) is 2.50. The number of H-pyrrole nitrogens is 1. The summed E-state index contributed by atoms with van der Waals surface area (Å²) in [5.41, 5.74) is 4.77. The van der Waals surface area contributed by atoms with Crippen LogP contribution in [0, 0.1) is 0 Å². The Morgan fingerprint density at radius 1 is 0.929 bits per heavy atom. The molecule has 3 aromatic carbocycles. The fourth-order valence-corrected chi connectivity index (χ4v) is 3.47. The number of hydrogen-bond acceptors (Lipinski definition) is 2. The van der Waals surface area contributed by atoms with Gasteiger partial charge in [0.2, 0.25) is 0 Å². The smallest absolute Gasteiger partial charge is 0.251 e. The fraction of sp³-hybridized carbons (Fsp3) is 0.125. The van der Waals surface area contributed by atoms with Gasteiger partial charge in [0.15, 0.2) is 0 Å². The van der Waals surface area contributed by atoms with Gasteiger partial charge < -0.3 is 15.4 Å². The monoisotopic (exact) mass is 370 g/mol. The van der Waals surface area contributed by atoms with Gasteiger partial charge >= 0.3 is 0 Å². The molecule has 1 heterocycles. The maximum Gasteiger partial charge on any atom is 0.251 e. The number of para-hydroxylation sites is 1. The van der Waals surface area contributed by atoms with E-state index in [2.05, 4.69) is 10.3 Å². The van der Waals surface area contributed by atoms with E-state index in [1.165, 1.54) is 0 Å². The molecule has 4 nitrogen and oxygen atoms in total. The zero-order chi connectivity index (χ0) is 19.3. The highest BCUT2D eigenvalue weighted by molar-refractivity contribution is 5.95. The lowest BCUT2D eigenvalue weighted by Gasteiger charge is -2.16. The van der Waals surface area contributed by atoms with Gasteiger partial charge in [-0.1, -0.05) is 60.7 Å². The highest BCUT2D eigenvalue weighted by Crippen LogP contribution is 2.21. The maximum atomic E-state index is 12.8. The van der Waals surface area contributed by atoms with E-state index in [4.69, 9.17) is 0 Å². The maximum absolute atomic E-state index is 12.8. The summed E-state index contributed by atoms with van der Waals surface area (Å²) in [6.45, 7) is -0.121. The summed E-state index contributed by atoms with van der Waals surface area (Å²) in [7, 11) is 0. The summed E-state index contributed by atoms with van der Waals surface area (Å²) < 4.78 is 0. The molecule has 0 aliphatic heterocycles. The number of aliphatic hydroxyl groups excluding tert-OH is 1. The first kappa shape index (κ1) is 18.0. The van der Waals surface area contributed by atoms with Gasteiger partial charge in [0.25, 0.3) is 5.91 Å². The summed E-state index contributed by atoms with van der Waals surface area (Å²) in [6, 6.07) is 25.2. The van der Waals surface area contributed by atoms with Gasteiger partial charge in [0, 0.05) is 22.7 Å². The van der Waals surface area contributed by atoms with Gasteiger partial charge in [-0.05, 0) is 41.3 Å². The van der Waals surface area contributed by atoms with E-state index in [-0.39, 0.29) is 18.6 Å². The van der Waals surface area contributed by atoms with Crippen molar-refractivity contribution in [1.29, 1.82) is 0 Å². The summed E-state index contributed by atoms with van der Waals surface area (Å²) in [5.74, 6) is -0.184. The third kappa shape index (κ3) is 3.82. The molecule has 0 fully saturated rings. The lowest BCUT2D eigenvalue weighted by atomic mass is 10.0. The molecule has 0 spiro atoms. The van der Waals surface area contributed by atoms with Crippen molar-refractivity contribution in [2.24, 2.45) is 0 Å². The van der Waals surface area contributed by atoms with Crippen LogP contribution in [0.3, 0.4) is 0 Å². The molecule has 28 heavy (non-hydrogen) atoms. The quantitative estimate of drug-likeness (QED) is 0.477. The molecule has 0 radical (unpaired) electrons. The molecule has 4 heteroatoms. The third-order valence-electron chi connectivity index (χ3n) is 4.93. The SMILES string of the molecule is O=C(N[C@@H](CO)Cc1c[nH]c2ccccc12)c1cccc(-c2ccccc2)c1. The average Bonchev–Trinajstić information content (AvgIpc) is 3.17. The number of rotatable bonds is 6. The van der Waals surface area contributed by atoms with Crippen LogP contribution < -0.4 is 5.32 Å². The molecule has 4 aromatic rings. The molecule has 0 unspecified atom stereocenters. The predicted molar refractivity (Wildman–Crippen MR) is 112 cm³/mol. The summed E-state index contributed by atoms with van der Waals surface area (Å²) in [4.78, 5) is 16.0. The van der Waals surface area contributed by atoms with Crippen molar-refractivity contribution in [3.63, 3.8) is 0 Å². The second kappa shape index (κ2) is 8.11. The predicted octanol–water partition coefficient (Wildman–Crippen LogP) is 4.17. The number of amides is 1. The van der Waals surface area contributed by atoms with Crippen LogP contribution in [0.2, 0.25) is 0 Å². The minimum Gasteiger partial charge on any atom is -0.394 e. The van der Waals surface area contributed by atoms with Crippen molar-refractivity contribution in [3.05, 3.63) is 96.2 Å². The first-order chi connectivity index (χ1) is 13.7. The Bertz CT molecular complexity index is 1090. The number of benzene rings is 3. The normalized spacial score (nSPS) is 12.0. The molecule has 1 atom stereocenters. The molecular weight excluding hydrogens is 348 g/mol. The number of aromatic nitrogens is 1. The Hall–Kier alpha value is -3.37. The van der Waals surface area contributed by atoms with E-state index >= 15 is 0 Å². The van der Waals surface area contributed by atoms with E-state index in [0.29, 0.717) is 12.0 Å². The Labute approximate surface area is 163 Å². The first-order valence-corrected chi connectivity index (χ1v) is 9.37. The number of nitrogens with one attached hydrogen (secondary N) is 2. The highest BCUT2D eigenvalue weighted by Gasteiger charge is 2.16. The van der Waals surface area contributed by atoms with E-state index in [1.807, 2.05) is 79.0 Å². The van der Waals surface area contributed by atoms with Gasteiger partial charge in [-0.3, -0.25) is 4.79 Å². The van der Waals surface area contributed by atoms with Crippen molar-refractivity contribution in [3.8, 4) is 11.1 Å². The number of hydrogen-bond donors (Lipinski definition) is 3. The molecule has 140 valence electrons. The van der Waals surface area contributed by atoms with Crippen LogP contribution in [0.25, 0.3) is 22.0 Å². The van der Waals surface area contributed by atoms with Crippen molar-refractivity contribution in [2.75, 3.05) is 6.61 Å². The number of carbonyl (C=O) groups excluding carboxylic acids is 1. The number of aliphatic hydroxyl groups is 1. The van der Waals surface area contributed by atoms with Crippen molar-refractivity contribution >= 4 is 16.8 Å². The molecule has 1 amide bonds. The van der Waals surface area contributed by atoms with Crippen molar-refractivity contribution in [2.45, 2.75) is 12.5 Å². The van der Waals surface area contributed by atoms with E-state index < -0.39 is 0 Å². The van der Waals surface area contributed by atoms with Crippen LogP contribution in [0.1, 0.15) is 15.9 Å². The molecular formula is C24H22N2O2. The second-order valence-electron chi connectivity index (χ2n) is 6.86. The average molecular weight is 370 g/mol. The summed E-state index contributed by atoms with van der Waals surface area (Å²) >= 11 is 0. The number of fused-ring (bicyclic) bond motifs is 1. The van der Waals surface area contributed by atoms with Crippen LogP contribution in [-0.2, 0) is 6.42 Å². The van der Waals surface area contributed by atoms with Crippen LogP contribution in [0.4, 0.5) is 0 Å². The van der Waals surface area contributed by atoms with Gasteiger partial charge in [-0.15, -0.1) is 0 Å². The lowest BCUT2D eigenvalue weighted by Crippen LogP contribution is -2.39. The largest absolute Gasteiger partial charge is 0.394 e. The minimum atomic E-state index is -0.355. The zero-order valence-corrected chi connectivity index (χ0v) is 15.4. The first-order valence-electron chi connectivity index (χ1n) is 9.37. The molecule has 4 rings (SSSR count). The van der Waals surface area contributed by atoms with Crippen LogP contribution in [0.15, 0.2) is 85.1 Å². The van der Waals surface area contributed by atoms with Gasteiger partial charge in [-0.25, -0.2) is 0 Å². The van der Waals surface area contributed by atoms with Gasteiger partial charge in [0.05, 0.1) is 12.6 Å². The molecule has 1 aromatic heterocycles. The van der Waals surface area contributed by atoms with E-state index in [0.717, 1.165) is 27.6 Å². The third-order valence-corrected chi connectivity index (χ3v) is 4.93. The number of carbonyl (C=O) groups is 1. The Morgan fingerprint density at radius 3 is 2.50 bits per heavy atom. The van der Waals surface area contributed by atoms with Crippen LogP contribution in [-0.4, -0.2) is 28.6 Å². The van der Waals surface area contributed by atoms with Crippen molar-refractivity contribution < 1.29 is 9.90 Å². The molecule has 0 aliphatic carbocycles. The molecule has 0 aliphatic rings. The Morgan fingerprint density at radius 2 is 1.68 bits per heavy atom. The molecule has 3 N–H and O–H groups in total. The van der Waals surface area contributed by atoms with Crippen molar-refractivity contribution in [1.82, 2.24) is 10.3 Å². The molecule has 0 saturated heterocycles. The molecule has 0 bridgehead atoms. The van der Waals surface area contributed by atoms with E-state index in [1.54, 1.807) is 6.07 Å². The van der Waals surface area contributed by atoms with Gasteiger partial charge in [-0.2, -0.15) is 0 Å². The minimum absolute atomic E-state index is 0.121. The second-order valence-corrected chi connectivity index (χ2v) is 6.86. The molecule has 0 saturated carbocycles. The Kier molecular flexibility index (Phi) is 5.22. The standard InChI is InChI=1S/C24H22N2O2/c27-16-21(14-20-15-25-23-12-5-4-11-22(20)23)26-24(28)19-10-6-9-18(13-19)17-7-2-1-3-8-17/h1-13,15,21,25,27H,14,16H2,(H,26,28)/t21-/m1/s1. The number of aromatic amines is 1. The highest BCUT2D eigenvalue weighted by atomic mass is 16.3. The van der Waals surface area contributed by atoms with Crippen LogP contribution >= 0.6 is 0 Å². The van der Waals surface area contributed by atoms with E-state index in [9.17, 15) is 9.90 Å². The fourth-order valence-electron chi connectivity index (χ4n) is 3.47. The van der Waals surface area contributed by atoms with Gasteiger partial charge in [0.1, 0.15) is 0 Å².